The maximum Gasteiger partial charge on any atom is 0.223 e. The van der Waals surface area contributed by atoms with Crippen molar-refractivity contribution < 1.29 is 9.53 Å². The van der Waals surface area contributed by atoms with Crippen molar-refractivity contribution in [2.24, 2.45) is 0 Å². The summed E-state index contributed by atoms with van der Waals surface area (Å²) in [7, 11) is 1.67. The first-order chi connectivity index (χ1) is 9.99. The van der Waals surface area contributed by atoms with Crippen molar-refractivity contribution in [1.29, 1.82) is 0 Å². The van der Waals surface area contributed by atoms with Gasteiger partial charge >= 0.3 is 0 Å². The molecule has 1 aromatic rings. The highest BCUT2D eigenvalue weighted by molar-refractivity contribution is 5.77. The van der Waals surface area contributed by atoms with Gasteiger partial charge in [-0.15, -0.1) is 0 Å². The lowest BCUT2D eigenvalue weighted by Crippen LogP contribution is -2.55. The molecular weight excluding hydrogens is 264 g/mol. The molecule has 0 spiro atoms. The van der Waals surface area contributed by atoms with Crippen LogP contribution in [0.25, 0.3) is 0 Å². The standard InChI is InChI=1S/C17H26N2O2/c1-12(15-6-5-7-16(9-15)21-4)8-17(20)19-10-13(2)18-14(3)11-19/h5-7,9,12-14,18H,8,10-11H2,1-4H3/t12-,13-,14+/m1/s1. The van der Waals surface area contributed by atoms with Gasteiger partial charge in [0, 0.05) is 31.6 Å². The molecule has 1 saturated heterocycles. The van der Waals surface area contributed by atoms with Crippen LogP contribution >= 0.6 is 0 Å². The van der Waals surface area contributed by atoms with Crippen molar-refractivity contribution in [1.82, 2.24) is 10.2 Å². The number of benzene rings is 1. The van der Waals surface area contributed by atoms with E-state index in [4.69, 9.17) is 4.74 Å². The number of rotatable bonds is 4. The maximum atomic E-state index is 12.5. The van der Waals surface area contributed by atoms with Gasteiger partial charge in [-0.3, -0.25) is 4.79 Å². The lowest BCUT2D eigenvalue weighted by molar-refractivity contribution is -0.133. The van der Waals surface area contributed by atoms with Gasteiger partial charge < -0.3 is 15.0 Å². The third kappa shape index (κ3) is 4.21. The van der Waals surface area contributed by atoms with Crippen molar-refractivity contribution in [3.05, 3.63) is 29.8 Å². The number of carbonyl (C=O) groups excluding carboxylic acids is 1. The third-order valence-corrected chi connectivity index (χ3v) is 4.05. The van der Waals surface area contributed by atoms with Crippen LogP contribution in [0.3, 0.4) is 0 Å². The molecule has 0 aromatic heterocycles. The molecule has 4 heteroatoms. The minimum atomic E-state index is 0.202. The van der Waals surface area contributed by atoms with Gasteiger partial charge in [-0.25, -0.2) is 0 Å². The van der Waals surface area contributed by atoms with Crippen LogP contribution < -0.4 is 10.1 Å². The van der Waals surface area contributed by atoms with E-state index in [0.29, 0.717) is 18.5 Å². The number of ether oxygens (including phenoxy) is 1. The molecule has 0 bridgehead atoms. The summed E-state index contributed by atoms with van der Waals surface area (Å²) in [6.45, 7) is 7.95. The van der Waals surface area contributed by atoms with E-state index in [2.05, 4.69) is 32.2 Å². The molecule has 1 amide bonds. The summed E-state index contributed by atoms with van der Waals surface area (Å²) >= 11 is 0. The summed E-state index contributed by atoms with van der Waals surface area (Å²) in [5, 5.41) is 3.45. The topological polar surface area (TPSA) is 41.6 Å². The van der Waals surface area contributed by atoms with Crippen LogP contribution in [0.1, 0.15) is 38.7 Å². The fourth-order valence-electron chi connectivity index (χ4n) is 2.99. The number of methoxy groups -OCH3 is 1. The van der Waals surface area contributed by atoms with Crippen LogP contribution in [-0.4, -0.2) is 43.1 Å². The zero-order valence-corrected chi connectivity index (χ0v) is 13.4. The second-order valence-electron chi connectivity index (χ2n) is 6.15. The van der Waals surface area contributed by atoms with Crippen LogP contribution in [0.15, 0.2) is 24.3 Å². The molecule has 0 unspecified atom stereocenters. The van der Waals surface area contributed by atoms with Crippen molar-refractivity contribution in [2.75, 3.05) is 20.2 Å². The number of amides is 1. The van der Waals surface area contributed by atoms with Gasteiger partial charge in [-0.1, -0.05) is 19.1 Å². The Morgan fingerprint density at radius 2 is 2.05 bits per heavy atom. The Bertz CT molecular complexity index is 479. The summed E-state index contributed by atoms with van der Waals surface area (Å²) in [6, 6.07) is 8.71. The van der Waals surface area contributed by atoms with Gasteiger partial charge in [-0.05, 0) is 37.5 Å². The highest BCUT2D eigenvalue weighted by Gasteiger charge is 2.25. The molecule has 1 aromatic carbocycles. The zero-order valence-electron chi connectivity index (χ0n) is 13.4. The predicted octanol–water partition coefficient (Wildman–Crippen LogP) is 2.40. The average molecular weight is 290 g/mol. The molecule has 3 atom stereocenters. The number of hydrogen-bond acceptors (Lipinski definition) is 3. The summed E-state index contributed by atoms with van der Waals surface area (Å²) in [5.74, 6) is 1.29. The monoisotopic (exact) mass is 290 g/mol. The van der Waals surface area contributed by atoms with E-state index >= 15 is 0 Å². The normalized spacial score (nSPS) is 23.7. The Morgan fingerprint density at radius 1 is 1.38 bits per heavy atom. The van der Waals surface area contributed by atoms with Gasteiger partial charge in [0.05, 0.1) is 7.11 Å². The Hall–Kier alpha value is -1.55. The van der Waals surface area contributed by atoms with Crippen LogP contribution in [0.5, 0.6) is 5.75 Å². The highest BCUT2D eigenvalue weighted by Crippen LogP contribution is 2.24. The summed E-state index contributed by atoms with van der Waals surface area (Å²) < 4.78 is 5.25. The molecule has 1 aliphatic rings. The molecule has 2 rings (SSSR count). The number of piperazine rings is 1. The quantitative estimate of drug-likeness (QED) is 0.926. The molecule has 1 aliphatic heterocycles. The minimum Gasteiger partial charge on any atom is -0.497 e. The number of nitrogens with one attached hydrogen (secondary N) is 1. The molecular formula is C17H26N2O2. The van der Waals surface area contributed by atoms with E-state index in [1.807, 2.05) is 23.1 Å². The molecule has 1 N–H and O–H groups in total. The molecule has 0 aliphatic carbocycles. The molecule has 0 radical (unpaired) electrons. The van der Waals surface area contributed by atoms with Crippen LogP contribution in [0.2, 0.25) is 0 Å². The fourth-order valence-corrected chi connectivity index (χ4v) is 2.99. The summed E-state index contributed by atoms with van der Waals surface area (Å²) in [4.78, 5) is 14.5. The molecule has 0 saturated carbocycles. The minimum absolute atomic E-state index is 0.202. The Morgan fingerprint density at radius 3 is 2.67 bits per heavy atom. The van der Waals surface area contributed by atoms with E-state index in [-0.39, 0.29) is 11.8 Å². The SMILES string of the molecule is COc1cccc([C@H](C)CC(=O)N2C[C@@H](C)N[C@@H](C)C2)c1. The predicted molar refractivity (Wildman–Crippen MR) is 84.7 cm³/mol. The lowest BCUT2D eigenvalue weighted by Gasteiger charge is -2.36. The van der Waals surface area contributed by atoms with Gasteiger partial charge in [-0.2, -0.15) is 0 Å². The van der Waals surface area contributed by atoms with Crippen LogP contribution in [0, 0.1) is 0 Å². The molecule has 21 heavy (non-hydrogen) atoms. The number of carbonyl (C=O) groups is 1. The largest absolute Gasteiger partial charge is 0.497 e. The van der Waals surface area contributed by atoms with Crippen molar-refractivity contribution in [3.8, 4) is 5.75 Å². The van der Waals surface area contributed by atoms with Gasteiger partial charge in [0.25, 0.3) is 0 Å². The smallest absolute Gasteiger partial charge is 0.223 e. The first-order valence-electron chi connectivity index (χ1n) is 7.67. The first-order valence-corrected chi connectivity index (χ1v) is 7.67. The average Bonchev–Trinajstić information content (AvgIpc) is 2.46. The highest BCUT2D eigenvalue weighted by atomic mass is 16.5. The van der Waals surface area contributed by atoms with Gasteiger partial charge in [0.15, 0.2) is 0 Å². The Balaban J connectivity index is 1.98. The fraction of sp³-hybridized carbons (Fsp3) is 0.588. The van der Waals surface area contributed by atoms with E-state index in [9.17, 15) is 4.79 Å². The van der Waals surface area contributed by atoms with Crippen molar-refractivity contribution in [3.63, 3.8) is 0 Å². The molecule has 4 nitrogen and oxygen atoms in total. The van der Waals surface area contributed by atoms with Gasteiger partial charge in [0.2, 0.25) is 5.91 Å². The first kappa shape index (κ1) is 15.8. The third-order valence-electron chi connectivity index (χ3n) is 4.05. The zero-order chi connectivity index (χ0) is 15.4. The Labute approximate surface area is 127 Å². The maximum absolute atomic E-state index is 12.5. The van der Waals surface area contributed by atoms with Crippen molar-refractivity contribution in [2.45, 2.75) is 45.2 Å². The number of hydrogen-bond donors (Lipinski definition) is 1. The van der Waals surface area contributed by atoms with Crippen molar-refractivity contribution >= 4 is 5.91 Å². The van der Waals surface area contributed by atoms with Crippen LogP contribution in [-0.2, 0) is 4.79 Å². The van der Waals surface area contributed by atoms with Crippen LogP contribution in [0.4, 0.5) is 0 Å². The van der Waals surface area contributed by atoms with E-state index < -0.39 is 0 Å². The molecule has 1 heterocycles. The Kier molecular flexibility index (Phi) is 5.23. The van der Waals surface area contributed by atoms with E-state index in [1.165, 1.54) is 0 Å². The number of nitrogens with zero attached hydrogens (tertiary/aromatic N) is 1. The second kappa shape index (κ2) is 6.94. The lowest BCUT2D eigenvalue weighted by atomic mass is 9.96. The van der Waals surface area contributed by atoms with E-state index in [1.54, 1.807) is 7.11 Å². The summed E-state index contributed by atoms with van der Waals surface area (Å²) in [6.07, 6.45) is 0.548. The summed E-state index contributed by atoms with van der Waals surface area (Å²) in [5.41, 5.74) is 1.15. The van der Waals surface area contributed by atoms with E-state index in [0.717, 1.165) is 24.4 Å². The van der Waals surface area contributed by atoms with Gasteiger partial charge in [0.1, 0.15) is 5.75 Å². The molecule has 116 valence electrons. The molecule has 1 fully saturated rings. The second-order valence-corrected chi connectivity index (χ2v) is 6.15.